The fourth-order valence-electron chi connectivity index (χ4n) is 2.08. The van der Waals surface area contributed by atoms with E-state index in [9.17, 15) is 4.39 Å². The summed E-state index contributed by atoms with van der Waals surface area (Å²) in [6.07, 6.45) is 1.63. The third-order valence-corrected chi connectivity index (χ3v) is 3.17. The lowest BCUT2D eigenvalue weighted by atomic mass is 10.1. The Hall–Kier alpha value is -2.62. The SMILES string of the molecule is Cc1ccc(-c2nn(-c3ccccc3F)cc2N)cc1. The third kappa shape index (κ3) is 2.16. The second kappa shape index (κ2) is 4.81. The maximum absolute atomic E-state index is 13.8. The molecule has 0 aliphatic rings. The molecule has 0 amide bonds. The summed E-state index contributed by atoms with van der Waals surface area (Å²) in [5.74, 6) is -0.328. The van der Waals surface area contributed by atoms with Crippen molar-refractivity contribution in [3.63, 3.8) is 0 Å². The van der Waals surface area contributed by atoms with Crippen molar-refractivity contribution in [1.29, 1.82) is 0 Å². The maximum atomic E-state index is 13.8. The van der Waals surface area contributed by atoms with Gasteiger partial charge in [-0.25, -0.2) is 9.07 Å². The fourth-order valence-corrected chi connectivity index (χ4v) is 2.08. The monoisotopic (exact) mass is 267 g/mol. The average molecular weight is 267 g/mol. The van der Waals surface area contributed by atoms with E-state index in [0.717, 1.165) is 5.56 Å². The van der Waals surface area contributed by atoms with Gasteiger partial charge in [0.15, 0.2) is 0 Å². The van der Waals surface area contributed by atoms with Crippen LogP contribution in [0, 0.1) is 12.7 Å². The molecule has 1 heterocycles. The number of hydrogen-bond acceptors (Lipinski definition) is 2. The van der Waals surface area contributed by atoms with E-state index in [2.05, 4.69) is 5.10 Å². The highest BCUT2D eigenvalue weighted by atomic mass is 19.1. The van der Waals surface area contributed by atoms with E-state index in [4.69, 9.17) is 5.73 Å². The van der Waals surface area contributed by atoms with Crippen LogP contribution in [-0.4, -0.2) is 9.78 Å². The number of nitrogens with zero attached hydrogens (tertiary/aromatic N) is 2. The van der Waals surface area contributed by atoms with Crippen LogP contribution in [0.25, 0.3) is 16.9 Å². The molecular weight excluding hydrogens is 253 g/mol. The van der Waals surface area contributed by atoms with Gasteiger partial charge >= 0.3 is 0 Å². The molecule has 2 aromatic carbocycles. The molecule has 0 fully saturated rings. The van der Waals surface area contributed by atoms with Crippen molar-refractivity contribution in [1.82, 2.24) is 9.78 Å². The molecule has 3 aromatic rings. The minimum Gasteiger partial charge on any atom is -0.396 e. The van der Waals surface area contributed by atoms with Gasteiger partial charge in [-0.2, -0.15) is 5.10 Å². The summed E-state index contributed by atoms with van der Waals surface area (Å²) in [5, 5.41) is 4.39. The summed E-state index contributed by atoms with van der Waals surface area (Å²) in [4.78, 5) is 0. The number of anilines is 1. The number of aryl methyl sites for hydroxylation is 1. The van der Waals surface area contributed by atoms with Crippen LogP contribution in [0.5, 0.6) is 0 Å². The largest absolute Gasteiger partial charge is 0.396 e. The van der Waals surface area contributed by atoms with Gasteiger partial charge in [-0.1, -0.05) is 42.0 Å². The molecule has 0 radical (unpaired) electrons. The number of nitrogens with two attached hydrogens (primary N) is 1. The number of aromatic nitrogens is 2. The molecule has 4 heteroatoms. The van der Waals surface area contributed by atoms with Gasteiger partial charge in [0.2, 0.25) is 0 Å². The van der Waals surface area contributed by atoms with Gasteiger partial charge in [0.1, 0.15) is 17.2 Å². The van der Waals surface area contributed by atoms with Gasteiger partial charge in [-0.3, -0.25) is 0 Å². The van der Waals surface area contributed by atoms with Gasteiger partial charge < -0.3 is 5.73 Å². The standard InChI is InChI=1S/C16H14FN3/c1-11-6-8-12(9-7-11)16-14(18)10-20(19-16)15-5-3-2-4-13(15)17/h2-10H,18H2,1H3. The summed E-state index contributed by atoms with van der Waals surface area (Å²) in [6, 6.07) is 14.4. The van der Waals surface area contributed by atoms with Gasteiger partial charge in [0.05, 0.1) is 11.9 Å². The maximum Gasteiger partial charge on any atom is 0.148 e. The van der Waals surface area contributed by atoms with Gasteiger partial charge in [0.25, 0.3) is 0 Å². The molecule has 0 saturated heterocycles. The Bertz CT molecular complexity index is 745. The number of hydrogen-bond donors (Lipinski definition) is 1. The lowest BCUT2D eigenvalue weighted by Crippen LogP contribution is -1.98. The smallest absolute Gasteiger partial charge is 0.148 e. The van der Waals surface area contributed by atoms with Crippen molar-refractivity contribution in [2.45, 2.75) is 6.92 Å². The highest BCUT2D eigenvalue weighted by molar-refractivity contribution is 5.72. The molecule has 3 nitrogen and oxygen atoms in total. The van der Waals surface area contributed by atoms with Crippen molar-refractivity contribution >= 4 is 5.69 Å². The zero-order chi connectivity index (χ0) is 14.1. The summed E-state index contributed by atoms with van der Waals surface area (Å²) >= 11 is 0. The number of halogens is 1. The molecule has 2 N–H and O–H groups in total. The zero-order valence-corrected chi connectivity index (χ0v) is 11.0. The molecule has 0 bridgehead atoms. The molecule has 0 saturated carbocycles. The molecule has 0 aliphatic carbocycles. The van der Waals surface area contributed by atoms with Crippen molar-refractivity contribution in [2.75, 3.05) is 5.73 Å². The Morgan fingerprint density at radius 1 is 1.05 bits per heavy atom. The predicted molar refractivity (Wildman–Crippen MR) is 78.1 cm³/mol. The first-order chi connectivity index (χ1) is 9.65. The van der Waals surface area contributed by atoms with Crippen molar-refractivity contribution < 1.29 is 4.39 Å². The van der Waals surface area contributed by atoms with Gasteiger partial charge in [-0.15, -0.1) is 0 Å². The first-order valence-corrected chi connectivity index (χ1v) is 6.32. The Morgan fingerprint density at radius 2 is 1.75 bits per heavy atom. The molecule has 100 valence electrons. The lowest BCUT2D eigenvalue weighted by Gasteiger charge is -2.02. The quantitative estimate of drug-likeness (QED) is 0.771. The Morgan fingerprint density at radius 3 is 2.45 bits per heavy atom. The van der Waals surface area contributed by atoms with Crippen molar-refractivity contribution in [2.24, 2.45) is 0 Å². The second-order valence-corrected chi connectivity index (χ2v) is 4.70. The number of nitrogen functional groups attached to an aromatic ring is 1. The van der Waals surface area contributed by atoms with Crippen LogP contribution >= 0.6 is 0 Å². The minimum absolute atomic E-state index is 0.328. The van der Waals surface area contributed by atoms with Crippen LogP contribution in [0.2, 0.25) is 0 Å². The summed E-state index contributed by atoms with van der Waals surface area (Å²) in [5.41, 5.74) is 9.65. The highest BCUT2D eigenvalue weighted by Crippen LogP contribution is 2.26. The minimum atomic E-state index is -0.328. The fraction of sp³-hybridized carbons (Fsp3) is 0.0625. The second-order valence-electron chi connectivity index (χ2n) is 4.70. The Balaban J connectivity index is 2.08. The normalized spacial score (nSPS) is 10.7. The topological polar surface area (TPSA) is 43.8 Å². The molecule has 0 spiro atoms. The molecule has 3 rings (SSSR count). The van der Waals surface area contributed by atoms with Crippen LogP contribution < -0.4 is 5.73 Å². The molecule has 20 heavy (non-hydrogen) atoms. The van der Waals surface area contributed by atoms with Crippen LogP contribution in [0.3, 0.4) is 0 Å². The Labute approximate surface area is 116 Å². The average Bonchev–Trinajstić information content (AvgIpc) is 2.82. The zero-order valence-electron chi connectivity index (χ0n) is 11.0. The summed E-state index contributed by atoms with van der Waals surface area (Å²) < 4.78 is 15.2. The Kier molecular flexibility index (Phi) is 2.99. The van der Waals surface area contributed by atoms with Gasteiger partial charge in [-0.05, 0) is 19.1 Å². The van der Waals surface area contributed by atoms with Crippen molar-refractivity contribution in [3.05, 3.63) is 66.1 Å². The van der Waals surface area contributed by atoms with E-state index in [0.29, 0.717) is 17.1 Å². The van der Waals surface area contributed by atoms with E-state index in [1.807, 2.05) is 31.2 Å². The number of benzene rings is 2. The number of para-hydroxylation sites is 1. The first kappa shape index (κ1) is 12.4. The third-order valence-electron chi connectivity index (χ3n) is 3.17. The van der Waals surface area contributed by atoms with E-state index in [-0.39, 0.29) is 5.82 Å². The van der Waals surface area contributed by atoms with E-state index in [1.54, 1.807) is 24.4 Å². The molecular formula is C16H14FN3. The molecule has 0 atom stereocenters. The van der Waals surface area contributed by atoms with E-state index >= 15 is 0 Å². The first-order valence-electron chi connectivity index (χ1n) is 6.32. The van der Waals surface area contributed by atoms with Crippen molar-refractivity contribution in [3.8, 4) is 16.9 Å². The molecule has 0 aliphatic heterocycles. The summed E-state index contributed by atoms with van der Waals surface area (Å²) in [6.45, 7) is 2.02. The van der Waals surface area contributed by atoms with Crippen LogP contribution in [0.4, 0.5) is 10.1 Å². The van der Waals surface area contributed by atoms with E-state index in [1.165, 1.54) is 16.3 Å². The highest BCUT2D eigenvalue weighted by Gasteiger charge is 2.11. The lowest BCUT2D eigenvalue weighted by molar-refractivity contribution is 0.611. The van der Waals surface area contributed by atoms with Gasteiger partial charge in [0, 0.05) is 5.56 Å². The summed E-state index contributed by atoms with van der Waals surface area (Å²) in [7, 11) is 0. The molecule has 0 unspecified atom stereocenters. The van der Waals surface area contributed by atoms with E-state index < -0.39 is 0 Å². The van der Waals surface area contributed by atoms with Crippen LogP contribution in [-0.2, 0) is 0 Å². The van der Waals surface area contributed by atoms with Crippen LogP contribution in [0.15, 0.2) is 54.7 Å². The number of rotatable bonds is 2. The predicted octanol–water partition coefficient (Wildman–Crippen LogP) is 3.57. The molecule has 1 aromatic heterocycles. The van der Waals surface area contributed by atoms with Crippen LogP contribution in [0.1, 0.15) is 5.56 Å².